The number of amides is 2. The zero-order valence-corrected chi connectivity index (χ0v) is 24.9. The van der Waals surface area contributed by atoms with Crippen LogP contribution in [0.4, 0.5) is 10.1 Å². The molecule has 3 N–H and O–H groups in total. The zero-order chi connectivity index (χ0) is 30.7. The minimum absolute atomic E-state index is 0.108. The Bertz CT molecular complexity index is 1510. The van der Waals surface area contributed by atoms with E-state index in [1.54, 1.807) is 16.6 Å². The Morgan fingerprint density at radius 3 is 2.63 bits per heavy atom. The van der Waals surface area contributed by atoms with E-state index in [1.807, 2.05) is 17.0 Å². The summed E-state index contributed by atoms with van der Waals surface area (Å²) in [5.41, 5.74) is 1.68. The van der Waals surface area contributed by atoms with Crippen LogP contribution in [-0.4, -0.2) is 98.9 Å². The first-order valence-electron chi connectivity index (χ1n) is 14.8. The first-order valence-corrected chi connectivity index (χ1v) is 14.8. The van der Waals surface area contributed by atoms with E-state index in [9.17, 15) is 24.3 Å². The molecule has 1 saturated heterocycles. The highest BCUT2D eigenvalue weighted by atomic mass is 19.1. The van der Waals surface area contributed by atoms with Crippen LogP contribution in [0.5, 0.6) is 0 Å². The van der Waals surface area contributed by atoms with Gasteiger partial charge in [-0.2, -0.15) is 10.4 Å². The summed E-state index contributed by atoms with van der Waals surface area (Å²) in [6.07, 6.45) is 4.41. The Kier molecular flexibility index (Phi) is 8.94. The Morgan fingerprint density at radius 1 is 1.19 bits per heavy atom. The Balaban J connectivity index is 1.28. The molecule has 0 bridgehead atoms. The van der Waals surface area contributed by atoms with Gasteiger partial charge in [-0.3, -0.25) is 14.6 Å². The van der Waals surface area contributed by atoms with Crippen LogP contribution in [-0.2, 0) is 4.79 Å². The van der Waals surface area contributed by atoms with Gasteiger partial charge in [0.05, 0.1) is 52.1 Å². The van der Waals surface area contributed by atoms with E-state index in [4.69, 9.17) is 0 Å². The minimum Gasteiger partial charge on any atom is -0.387 e. The van der Waals surface area contributed by atoms with Crippen LogP contribution in [0, 0.1) is 17.2 Å². The highest BCUT2D eigenvalue weighted by Gasteiger charge is 2.32. The Labute approximate surface area is 250 Å². The predicted octanol–water partition coefficient (Wildman–Crippen LogP) is 2.85. The maximum atomic E-state index is 14.4. The van der Waals surface area contributed by atoms with Crippen LogP contribution in [0.3, 0.4) is 0 Å². The molecule has 228 valence electrons. The maximum Gasteiger partial charge on any atom is 0.255 e. The maximum absolute atomic E-state index is 14.4. The van der Waals surface area contributed by atoms with Crippen molar-refractivity contribution in [1.82, 2.24) is 29.7 Å². The van der Waals surface area contributed by atoms with Gasteiger partial charge in [0.1, 0.15) is 12.2 Å². The highest BCUT2D eigenvalue weighted by molar-refractivity contribution is 6.00. The van der Waals surface area contributed by atoms with Crippen molar-refractivity contribution in [3.05, 3.63) is 47.8 Å². The molecular weight excluding hydrogens is 551 g/mol. The SMILES string of the molecule is CN1CCN(C(=O)CCC2CC(Nc3cc(-c4ccc5cc(C#N)cnn45)ncc3C(=O)NC[C@@H](F)C(C)(C)O)C2)CC1. The van der Waals surface area contributed by atoms with Crippen LogP contribution in [0.25, 0.3) is 16.9 Å². The molecule has 2 amide bonds. The summed E-state index contributed by atoms with van der Waals surface area (Å²) in [7, 11) is 2.07. The van der Waals surface area contributed by atoms with Gasteiger partial charge in [0, 0.05) is 44.8 Å². The molecule has 1 atom stereocenters. The van der Waals surface area contributed by atoms with Crippen molar-refractivity contribution in [3.63, 3.8) is 0 Å². The summed E-state index contributed by atoms with van der Waals surface area (Å²) < 4.78 is 16.0. The van der Waals surface area contributed by atoms with Crippen molar-refractivity contribution in [2.75, 3.05) is 45.1 Å². The molecule has 3 aromatic rings. The molecular formula is C31H39FN8O3. The van der Waals surface area contributed by atoms with E-state index in [1.165, 1.54) is 26.2 Å². The van der Waals surface area contributed by atoms with Crippen LogP contribution in [0.15, 0.2) is 36.7 Å². The van der Waals surface area contributed by atoms with Gasteiger partial charge in [0.15, 0.2) is 0 Å². The molecule has 4 heterocycles. The van der Waals surface area contributed by atoms with Crippen LogP contribution >= 0.6 is 0 Å². The first kappa shape index (κ1) is 30.4. The molecule has 3 aromatic heterocycles. The number of carbonyl (C=O) groups excluding carboxylic acids is 2. The number of rotatable bonds is 10. The second-order valence-corrected chi connectivity index (χ2v) is 12.3. The van der Waals surface area contributed by atoms with Crippen molar-refractivity contribution < 1.29 is 19.1 Å². The fourth-order valence-corrected chi connectivity index (χ4v) is 5.53. The average molecular weight is 591 g/mol. The summed E-state index contributed by atoms with van der Waals surface area (Å²) >= 11 is 0. The highest BCUT2D eigenvalue weighted by Crippen LogP contribution is 2.35. The van der Waals surface area contributed by atoms with Crippen molar-refractivity contribution in [2.24, 2.45) is 5.92 Å². The third kappa shape index (κ3) is 7.12. The monoisotopic (exact) mass is 590 g/mol. The number of anilines is 1. The lowest BCUT2D eigenvalue weighted by Gasteiger charge is -2.38. The quantitative estimate of drug-likeness (QED) is 0.328. The Hall–Kier alpha value is -4.08. The number of aliphatic hydroxyl groups is 1. The number of nitrogens with zero attached hydrogens (tertiary/aromatic N) is 6. The molecule has 0 radical (unpaired) electrons. The van der Waals surface area contributed by atoms with Crippen molar-refractivity contribution >= 4 is 23.0 Å². The van der Waals surface area contributed by atoms with E-state index in [2.05, 4.69) is 38.7 Å². The third-order valence-electron chi connectivity index (χ3n) is 8.47. The van der Waals surface area contributed by atoms with E-state index in [0.717, 1.165) is 51.0 Å². The fraction of sp³-hybridized carbons (Fsp3) is 0.516. The van der Waals surface area contributed by atoms with Crippen LogP contribution in [0.2, 0.25) is 0 Å². The molecule has 2 aliphatic rings. The number of nitriles is 1. The third-order valence-corrected chi connectivity index (χ3v) is 8.47. The van der Waals surface area contributed by atoms with Gasteiger partial charge < -0.3 is 25.5 Å². The topological polar surface area (TPSA) is 139 Å². The van der Waals surface area contributed by atoms with E-state index < -0.39 is 17.7 Å². The van der Waals surface area contributed by atoms with Gasteiger partial charge in [0.25, 0.3) is 5.91 Å². The molecule has 43 heavy (non-hydrogen) atoms. The molecule has 5 rings (SSSR count). The number of hydrogen-bond acceptors (Lipinski definition) is 8. The predicted molar refractivity (Wildman–Crippen MR) is 160 cm³/mol. The smallest absolute Gasteiger partial charge is 0.255 e. The van der Waals surface area contributed by atoms with E-state index in [-0.39, 0.29) is 24.1 Å². The number of pyridine rings is 1. The number of aromatic nitrogens is 3. The molecule has 2 fully saturated rings. The van der Waals surface area contributed by atoms with Crippen LogP contribution in [0.1, 0.15) is 55.5 Å². The number of carbonyl (C=O) groups is 2. The largest absolute Gasteiger partial charge is 0.387 e. The molecule has 0 aromatic carbocycles. The van der Waals surface area contributed by atoms with E-state index >= 15 is 0 Å². The van der Waals surface area contributed by atoms with Crippen LogP contribution < -0.4 is 10.6 Å². The molecule has 1 saturated carbocycles. The van der Waals surface area contributed by atoms with Gasteiger partial charge >= 0.3 is 0 Å². The molecule has 0 spiro atoms. The van der Waals surface area contributed by atoms with Gasteiger partial charge in [-0.05, 0) is 70.3 Å². The average Bonchev–Trinajstić information content (AvgIpc) is 3.39. The number of alkyl halides is 1. The van der Waals surface area contributed by atoms with E-state index in [0.29, 0.717) is 35.0 Å². The normalized spacial score (nSPS) is 19.9. The lowest BCUT2D eigenvalue weighted by molar-refractivity contribution is -0.133. The lowest BCUT2D eigenvalue weighted by atomic mass is 9.77. The van der Waals surface area contributed by atoms with Gasteiger partial charge in [-0.25, -0.2) is 8.91 Å². The second kappa shape index (κ2) is 12.7. The molecule has 0 unspecified atom stereocenters. The minimum atomic E-state index is -1.64. The Morgan fingerprint density at radius 2 is 1.93 bits per heavy atom. The fourth-order valence-electron chi connectivity index (χ4n) is 5.53. The second-order valence-electron chi connectivity index (χ2n) is 12.3. The number of nitrogens with one attached hydrogen (secondary N) is 2. The van der Waals surface area contributed by atoms with Crippen molar-refractivity contribution in [3.8, 4) is 17.5 Å². The van der Waals surface area contributed by atoms with Crippen molar-refractivity contribution in [2.45, 2.75) is 57.3 Å². The van der Waals surface area contributed by atoms with Crippen molar-refractivity contribution in [1.29, 1.82) is 5.26 Å². The van der Waals surface area contributed by atoms with Gasteiger partial charge in [-0.15, -0.1) is 0 Å². The lowest BCUT2D eigenvalue weighted by Crippen LogP contribution is -2.47. The standard InChI is InChI=1S/C31H39FN8O3/c1-31(2,43)28(32)19-35-30(42)24-18-34-26(27-6-5-23-14-21(16-33)17-36-40(23)27)15-25(24)37-22-12-20(13-22)4-7-29(41)39-10-8-38(3)9-11-39/h5-6,14-15,17-18,20,22,28,43H,4,7-13,19H2,1-3H3,(H,34,37)(H,35,42)/t20?,22?,28-/m1/s1. The number of likely N-dealkylation sites (N-methyl/N-ethyl adjacent to an activating group) is 1. The summed E-state index contributed by atoms with van der Waals surface area (Å²) in [6, 6.07) is 9.40. The zero-order valence-electron chi connectivity index (χ0n) is 24.9. The number of hydrogen-bond donors (Lipinski definition) is 3. The molecule has 12 heteroatoms. The number of halogens is 1. The molecule has 11 nitrogen and oxygen atoms in total. The summed E-state index contributed by atoms with van der Waals surface area (Å²) in [5, 5.41) is 29.6. The molecule has 1 aliphatic heterocycles. The number of piperazine rings is 1. The summed E-state index contributed by atoms with van der Waals surface area (Å²) in [5.74, 6) is 0.132. The van der Waals surface area contributed by atoms with Gasteiger partial charge in [0.2, 0.25) is 5.91 Å². The summed E-state index contributed by atoms with van der Waals surface area (Å²) in [6.45, 7) is 5.75. The first-order chi connectivity index (χ1) is 20.5. The summed E-state index contributed by atoms with van der Waals surface area (Å²) in [4.78, 5) is 34.5. The number of fused-ring (bicyclic) bond motifs is 1. The molecule has 1 aliphatic carbocycles. The van der Waals surface area contributed by atoms with Gasteiger partial charge in [-0.1, -0.05) is 0 Å².